The van der Waals surface area contributed by atoms with E-state index >= 15 is 0 Å². The Bertz CT molecular complexity index is 1490. The quantitative estimate of drug-likeness (QED) is 0.343. The molecule has 0 aliphatic heterocycles. The van der Waals surface area contributed by atoms with Crippen LogP contribution in [0.25, 0.3) is 16.9 Å². The van der Waals surface area contributed by atoms with Crippen molar-refractivity contribution in [2.45, 2.75) is 31.8 Å². The third-order valence-electron chi connectivity index (χ3n) is 7.44. The fourth-order valence-electron chi connectivity index (χ4n) is 5.86. The highest BCUT2D eigenvalue weighted by molar-refractivity contribution is 6.22. The first-order valence-corrected chi connectivity index (χ1v) is 11.6. The Labute approximate surface area is 210 Å². The molecular formula is C27H24N2O8. The predicted octanol–water partition coefficient (Wildman–Crippen LogP) is 2.05. The van der Waals surface area contributed by atoms with Crippen LogP contribution in [-0.4, -0.2) is 49.4 Å². The minimum absolute atomic E-state index is 0.00885. The van der Waals surface area contributed by atoms with Gasteiger partial charge in [-0.15, -0.1) is 0 Å². The maximum absolute atomic E-state index is 13.6. The maximum atomic E-state index is 13.6. The van der Waals surface area contributed by atoms with Gasteiger partial charge in [0.1, 0.15) is 22.8 Å². The molecule has 3 aliphatic carbocycles. The fraction of sp³-hybridized carbons (Fsp3) is 0.259. The monoisotopic (exact) mass is 504 g/mol. The molecule has 0 aromatic heterocycles. The van der Waals surface area contributed by atoms with Crippen LogP contribution < -0.4 is 11.1 Å². The van der Waals surface area contributed by atoms with E-state index < -0.39 is 52.0 Å². The highest BCUT2D eigenvalue weighted by Crippen LogP contribution is 2.53. The standard InChI is InChI=1S/C27H24N2O8/c1-11(30)29-15-4-2-3-12(8-15)16-5-6-18(31)21-17(16)9-13-7-14-10-19(32)22(26(28)36)25(35)27(14,37)24(34)20(13)23(21)33/h2-6,8,13-14,31,33,35,37H,7,9-10H2,1H3,(H2,28,36)(H,29,30)/t13-,14+,27+/m1/s1. The van der Waals surface area contributed by atoms with Crippen molar-refractivity contribution in [1.82, 2.24) is 0 Å². The van der Waals surface area contributed by atoms with Crippen molar-refractivity contribution < 1.29 is 39.6 Å². The number of aliphatic hydroxyl groups excluding tert-OH is 2. The molecule has 3 aliphatic rings. The summed E-state index contributed by atoms with van der Waals surface area (Å²) in [5, 5.41) is 46.6. The van der Waals surface area contributed by atoms with Crippen LogP contribution in [0.1, 0.15) is 30.9 Å². The van der Waals surface area contributed by atoms with Crippen molar-refractivity contribution in [2.24, 2.45) is 17.6 Å². The number of rotatable bonds is 3. The Balaban J connectivity index is 1.67. The molecule has 37 heavy (non-hydrogen) atoms. The summed E-state index contributed by atoms with van der Waals surface area (Å²) in [7, 11) is 0. The van der Waals surface area contributed by atoms with Gasteiger partial charge in [-0.25, -0.2) is 0 Å². The van der Waals surface area contributed by atoms with Gasteiger partial charge in [0.15, 0.2) is 11.4 Å². The van der Waals surface area contributed by atoms with Crippen LogP contribution in [0.15, 0.2) is 53.3 Å². The first-order valence-electron chi connectivity index (χ1n) is 11.6. The number of fused-ring (bicyclic) bond motifs is 3. The SMILES string of the molecule is CC(=O)Nc1cccc(-c2ccc(O)c3c2C[C@H]2C[C@H]4CC(=O)C(C(N)=O)=C(O)[C@@]4(O)C(=O)C2=C3O)c1. The molecule has 7 N–H and O–H groups in total. The van der Waals surface area contributed by atoms with Gasteiger partial charge in [0, 0.05) is 30.5 Å². The van der Waals surface area contributed by atoms with Crippen molar-refractivity contribution in [3.8, 4) is 16.9 Å². The molecule has 3 atom stereocenters. The minimum atomic E-state index is -2.60. The van der Waals surface area contributed by atoms with Gasteiger partial charge in [0.05, 0.1) is 5.56 Å². The number of anilines is 1. The molecule has 2 aromatic rings. The molecule has 10 heteroatoms. The number of nitrogens with one attached hydrogen (secondary N) is 1. The second-order valence-electron chi connectivity index (χ2n) is 9.65. The molecule has 1 fully saturated rings. The van der Waals surface area contributed by atoms with E-state index in [2.05, 4.69) is 5.32 Å². The predicted molar refractivity (Wildman–Crippen MR) is 131 cm³/mol. The zero-order chi connectivity index (χ0) is 26.8. The summed E-state index contributed by atoms with van der Waals surface area (Å²) in [6.07, 6.45) is -0.153. The topological polar surface area (TPSA) is 187 Å². The number of hydrogen-bond acceptors (Lipinski definition) is 8. The zero-order valence-corrected chi connectivity index (χ0v) is 19.7. The first kappa shape index (κ1) is 24.3. The van der Waals surface area contributed by atoms with Crippen molar-refractivity contribution >= 4 is 34.8 Å². The molecule has 0 unspecified atom stereocenters. The van der Waals surface area contributed by atoms with E-state index in [9.17, 15) is 39.6 Å². The lowest BCUT2D eigenvalue weighted by molar-refractivity contribution is -0.147. The molecule has 0 radical (unpaired) electrons. The number of amides is 2. The lowest BCUT2D eigenvalue weighted by atomic mass is 9.59. The second kappa shape index (κ2) is 8.31. The van der Waals surface area contributed by atoms with Crippen molar-refractivity contribution in [3.05, 3.63) is 64.4 Å². The van der Waals surface area contributed by atoms with E-state index in [-0.39, 0.29) is 42.1 Å². The largest absolute Gasteiger partial charge is 0.508 e. The summed E-state index contributed by atoms with van der Waals surface area (Å²) < 4.78 is 0. The van der Waals surface area contributed by atoms with Gasteiger partial charge >= 0.3 is 0 Å². The molecule has 5 rings (SSSR count). The van der Waals surface area contributed by atoms with Gasteiger partial charge < -0.3 is 31.5 Å². The van der Waals surface area contributed by atoms with Crippen LogP contribution in [0.4, 0.5) is 5.69 Å². The minimum Gasteiger partial charge on any atom is -0.508 e. The average molecular weight is 504 g/mol. The third-order valence-corrected chi connectivity index (χ3v) is 7.44. The molecule has 190 valence electrons. The smallest absolute Gasteiger partial charge is 0.255 e. The molecule has 2 aromatic carbocycles. The molecule has 0 heterocycles. The molecule has 0 spiro atoms. The van der Waals surface area contributed by atoms with E-state index in [1.54, 1.807) is 30.3 Å². The van der Waals surface area contributed by atoms with Crippen LogP contribution in [-0.2, 0) is 25.6 Å². The summed E-state index contributed by atoms with van der Waals surface area (Å²) in [5.74, 6) is -6.95. The van der Waals surface area contributed by atoms with Gasteiger partial charge in [0.25, 0.3) is 5.91 Å². The molecule has 0 bridgehead atoms. The van der Waals surface area contributed by atoms with Crippen LogP contribution in [0, 0.1) is 11.8 Å². The zero-order valence-electron chi connectivity index (χ0n) is 19.7. The maximum Gasteiger partial charge on any atom is 0.255 e. The van der Waals surface area contributed by atoms with Gasteiger partial charge in [0.2, 0.25) is 11.7 Å². The molecule has 0 saturated heterocycles. The fourth-order valence-corrected chi connectivity index (χ4v) is 5.86. The summed E-state index contributed by atoms with van der Waals surface area (Å²) in [6.45, 7) is 1.39. The van der Waals surface area contributed by atoms with Crippen LogP contribution in [0.3, 0.4) is 0 Å². The number of primary amides is 1. The van der Waals surface area contributed by atoms with Gasteiger partial charge in [-0.3, -0.25) is 19.2 Å². The van der Waals surface area contributed by atoms with E-state index in [1.807, 2.05) is 0 Å². The first-order chi connectivity index (χ1) is 17.4. The van der Waals surface area contributed by atoms with E-state index in [1.165, 1.54) is 13.0 Å². The lowest BCUT2D eigenvalue weighted by Gasteiger charge is -2.46. The van der Waals surface area contributed by atoms with Gasteiger partial charge in [-0.1, -0.05) is 18.2 Å². The van der Waals surface area contributed by atoms with Crippen molar-refractivity contribution in [1.29, 1.82) is 0 Å². The Hall–Kier alpha value is -4.44. The average Bonchev–Trinajstić information content (AvgIpc) is 2.81. The van der Waals surface area contributed by atoms with E-state index in [4.69, 9.17) is 5.73 Å². The van der Waals surface area contributed by atoms with Gasteiger partial charge in [-0.05, 0) is 53.6 Å². The highest BCUT2D eigenvalue weighted by atomic mass is 16.3. The molecule has 2 amide bonds. The van der Waals surface area contributed by atoms with Crippen LogP contribution in [0.5, 0.6) is 5.75 Å². The Kier molecular flexibility index (Phi) is 5.45. The summed E-state index contributed by atoms with van der Waals surface area (Å²) in [4.78, 5) is 49.3. The number of Topliss-reactive ketones (excluding diaryl/α,β-unsaturated/α-hetero) is 2. The molecule has 1 saturated carbocycles. The second-order valence-corrected chi connectivity index (χ2v) is 9.65. The van der Waals surface area contributed by atoms with Gasteiger partial charge in [-0.2, -0.15) is 0 Å². The third kappa shape index (κ3) is 3.52. The number of ketones is 2. The Morgan fingerprint density at radius 3 is 2.49 bits per heavy atom. The highest BCUT2D eigenvalue weighted by Gasteiger charge is 2.60. The molecular weight excluding hydrogens is 480 g/mol. The summed E-state index contributed by atoms with van der Waals surface area (Å²) >= 11 is 0. The Morgan fingerprint density at radius 1 is 1.08 bits per heavy atom. The van der Waals surface area contributed by atoms with Crippen molar-refractivity contribution in [3.63, 3.8) is 0 Å². The number of aromatic hydroxyl groups is 1. The number of carbonyl (C=O) groups excluding carboxylic acids is 4. The van der Waals surface area contributed by atoms with Crippen LogP contribution >= 0.6 is 0 Å². The number of carbonyl (C=O) groups is 4. The number of benzene rings is 2. The lowest BCUT2D eigenvalue weighted by Crippen LogP contribution is -2.58. The van der Waals surface area contributed by atoms with Crippen molar-refractivity contribution in [2.75, 3.05) is 5.32 Å². The van der Waals surface area contributed by atoms with E-state index in [0.29, 0.717) is 22.4 Å². The molecule has 10 nitrogen and oxygen atoms in total. The number of hydrogen-bond donors (Lipinski definition) is 6. The summed E-state index contributed by atoms with van der Waals surface area (Å²) in [6, 6.07) is 10.0. The number of phenolic OH excluding ortho intramolecular Hbond substituents is 1. The summed E-state index contributed by atoms with van der Waals surface area (Å²) in [5.41, 5.74) is 4.03. The number of aliphatic hydroxyl groups is 3. The number of nitrogens with two attached hydrogens (primary N) is 1. The van der Waals surface area contributed by atoms with Crippen LogP contribution in [0.2, 0.25) is 0 Å². The van der Waals surface area contributed by atoms with E-state index in [0.717, 1.165) is 0 Å². The Morgan fingerprint density at radius 2 is 1.81 bits per heavy atom. The normalized spacial score (nSPS) is 24.8. The number of phenols is 1.